The fourth-order valence-electron chi connectivity index (χ4n) is 5.32. The van der Waals surface area contributed by atoms with Gasteiger partial charge in [-0.05, 0) is 78.2 Å². The zero-order valence-electron chi connectivity index (χ0n) is 26.0. The highest BCUT2D eigenvalue weighted by Gasteiger charge is 2.20. The third kappa shape index (κ3) is 9.27. The largest absolute Gasteiger partial charge is 0.481 e. The SMILES string of the molecule is O=C(O)COc1c(-c2cccc(Cl)c2)cc(C(=O)NCCCCCCOC(=O)Nc2cccc3ccccc23)cc1-c1cccc(Cl)c1. The molecule has 0 unspecified atom stereocenters. The van der Waals surface area contributed by atoms with E-state index in [0.717, 1.165) is 30.0 Å². The van der Waals surface area contributed by atoms with Crippen molar-refractivity contribution in [1.29, 1.82) is 0 Å². The van der Waals surface area contributed by atoms with Gasteiger partial charge in [0.25, 0.3) is 5.91 Å². The number of rotatable bonds is 14. The van der Waals surface area contributed by atoms with Crippen molar-refractivity contribution < 1.29 is 29.0 Å². The van der Waals surface area contributed by atoms with Gasteiger partial charge in [-0.15, -0.1) is 0 Å². The van der Waals surface area contributed by atoms with Gasteiger partial charge in [-0.3, -0.25) is 10.1 Å². The minimum atomic E-state index is -1.14. The molecule has 2 amide bonds. The third-order valence-corrected chi connectivity index (χ3v) is 8.05. The van der Waals surface area contributed by atoms with Crippen LogP contribution in [0.2, 0.25) is 10.0 Å². The van der Waals surface area contributed by atoms with Crippen molar-refractivity contribution in [2.24, 2.45) is 0 Å². The molecule has 5 rings (SSSR count). The summed E-state index contributed by atoms with van der Waals surface area (Å²) in [5.74, 6) is -1.13. The molecule has 0 spiro atoms. The second kappa shape index (κ2) is 16.7. The smallest absolute Gasteiger partial charge is 0.411 e. The first kappa shape index (κ1) is 34.3. The van der Waals surface area contributed by atoms with E-state index in [1.54, 1.807) is 48.5 Å². The first-order valence-corrected chi connectivity index (χ1v) is 16.3. The predicted octanol–water partition coefficient (Wildman–Crippen LogP) is 9.48. The van der Waals surface area contributed by atoms with Gasteiger partial charge in [0, 0.05) is 38.7 Å². The van der Waals surface area contributed by atoms with Crippen LogP contribution in [0.3, 0.4) is 0 Å². The van der Waals surface area contributed by atoms with Crippen molar-refractivity contribution in [3.05, 3.63) is 119 Å². The van der Waals surface area contributed by atoms with Crippen LogP contribution >= 0.6 is 23.2 Å². The molecular weight excluding hydrogens is 651 g/mol. The molecule has 5 aromatic carbocycles. The van der Waals surface area contributed by atoms with E-state index in [2.05, 4.69) is 10.6 Å². The number of anilines is 1. The van der Waals surface area contributed by atoms with Gasteiger partial charge < -0.3 is 19.9 Å². The monoisotopic (exact) mass is 684 g/mol. The van der Waals surface area contributed by atoms with Crippen molar-refractivity contribution in [2.45, 2.75) is 25.7 Å². The van der Waals surface area contributed by atoms with Crippen molar-refractivity contribution in [1.82, 2.24) is 5.32 Å². The highest BCUT2D eigenvalue weighted by atomic mass is 35.5. The molecule has 0 saturated heterocycles. The molecule has 5 aromatic rings. The van der Waals surface area contributed by atoms with Crippen molar-refractivity contribution in [3.8, 4) is 28.0 Å². The molecule has 48 heavy (non-hydrogen) atoms. The van der Waals surface area contributed by atoms with Gasteiger partial charge in [-0.2, -0.15) is 0 Å². The van der Waals surface area contributed by atoms with E-state index in [1.807, 2.05) is 54.6 Å². The summed E-state index contributed by atoms with van der Waals surface area (Å²) in [5.41, 5.74) is 3.43. The summed E-state index contributed by atoms with van der Waals surface area (Å²) in [7, 11) is 0. The molecule has 0 fully saturated rings. The second-order valence-electron chi connectivity index (χ2n) is 11.1. The Morgan fingerprint density at radius 2 is 1.33 bits per heavy atom. The van der Waals surface area contributed by atoms with Crippen LogP contribution in [0.15, 0.2) is 103 Å². The Morgan fingerprint density at radius 3 is 2.00 bits per heavy atom. The number of unbranched alkanes of at least 4 members (excludes halogenated alkanes) is 3. The summed E-state index contributed by atoms with van der Waals surface area (Å²) in [6.07, 6.45) is 2.59. The number of amides is 2. The number of hydrogen-bond donors (Lipinski definition) is 3. The number of carboxylic acid groups (broad SMARTS) is 1. The maximum atomic E-state index is 13.4. The van der Waals surface area contributed by atoms with Crippen LogP contribution in [-0.4, -0.2) is 42.8 Å². The van der Waals surface area contributed by atoms with Crippen LogP contribution in [0.25, 0.3) is 33.0 Å². The molecule has 0 heterocycles. The zero-order valence-corrected chi connectivity index (χ0v) is 27.5. The van der Waals surface area contributed by atoms with Gasteiger partial charge in [0.2, 0.25) is 0 Å². The van der Waals surface area contributed by atoms with E-state index in [9.17, 15) is 19.5 Å². The molecular formula is C38H34Cl2N2O6. The summed E-state index contributed by atoms with van der Waals surface area (Å²) in [5, 5.41) is 18.1. The number of carboxylic acids is 1. The lowest BCUT2D eigenvalue weighted by molar-refractivity contribution is -0.139. The molecule has 0 radical (unpaired) electrons. The van der Waals surface area contributed by atoms with Gasteiger partial charge >= 0.3 is 12.1 Å². The first-order chi connectivity index (χ1) is 23.3. The van der Waals surface area contributed by atoms with Crippen molar-refractivity contribution >= 4 is 57.6 Å². The first-order valence-electron chi connectivity index (χ1n) is 15.5. The second-order valence-corrected chi connectivity index (χ2v) is 11.9. The number of nitrogens with one attached hydrogen (secondary N) is 2. The Morgan fingerprint density at radius 1 is 0.708 bits per heavy atom. The van der Waals surface area contributed by atoms with Gasteiger partial charge in [0.1, 0.15) is 5.75 Å². The number of aliphatic carboxylic acids is 1. The third-order valence-electron chi connectivity index (χ3n) is 7.58. The molecule has 0 saturated carbocycles. The standard InChI is InChI=1S/C38H34Cl2N2O6/c39-29-14-7-12-26(20-29)32-22-28(23-33(36(32)48-24-35(43)44)27-13-8-15-30(40)21-27)37(45)41-18-5-1-2-6-19-47-38(46)42-34-17-9-11-25-10-3-4-16-31(25)34/h3-4,7-17,20-23H,1-2,5-6,18-19,24H2,(H,41,45)(H,42,46)(H,43,44). The molecule has 0 aliphatic carbocycles. The Balaban J connectivity index is 1.18. The number of ether oxygens (including phenoxy) is 2. The molecule has 0 aliphatic rings. The average molecular weight is 686 g/mol. The molecule has 3 N–H and O–H groups in total. The van der Waals surface area contributed by atoms with E-state index in [0.29, 0.717) is 62.3 Å². The van der Waals surface area contributed by atoms with E-state index >= 15 is 0 Å². The molecule has 0 atom stereocenters. The molecule has 0 aromatic heterocycles. The zero-order chi connectivity index (χ0) is 33.9. The van der Waals surface area contributed by atoms with E-state index in [1.165, 1.54) is 0 Å². The molecule has 8 nitrogen and oxygen atoms in total. The number of hydrogen-bond acceptors (Lipinski definition) is 5. The van der Waals surface area contributed by atoms with Gasteiger partial charge in [0.15, 0.2) is 6.61 Å². The maximum absolute atomic E-state index is 13.4. The Hall–Kier alpha value is -5.05. The number of fused-ring (bicyclic) bond motifs is 1. The number of carbonyl (C=O) groups is 3. The van der Waals surface area contributed by atoms with Gasteiger partial charge in [-0.1, -0.05) is 90.3 Å². The quantitative estimate of drug-likeness (QED) is 0.100. The van der Waals surface area contributed by atoms with Crippen LogP contribution in [0.5, 0.6) is 5.75 Å². The number of carbonyl (C=O) groups excluding carboxylic acids is 2. The maximum Gasteiger partial charge on any atom is 0.411 e. The summed E-state index contributed by atoms with van der Waals surface area (Å²) in [6.45, 7) is 0.155. The summed E-state index contributed by atoms with van der Waals surface area (Å²) < 4.78 is 11.2. The fourth-order valence-corrected chi connectivity index (χ4v) is 5.70. The lowest BCUT2D eigenvalue weighted by atomic mass is 9.94. The van der Waals surface area contributed by atoms with Crippen LogP contribution in [-0.2, 0) is 9.53 Å². The van der Waals surface area contributed by atoms with Crippen LogP contribution in [0.4, 0.5) is 10.5 Å². The fraction of sp³-hybridized carbons (Fsp3) is 0.184. The van der Waals surface area contributed by atoms with E-state index in [-0.39, 0.29) is 12.5 Å². The minimum absolute atomic E-state index is 0.289. The highest BCUT2D eigenvalue weighted by Crippen LogP contribution is 2.41. The Kier molecular flexibility index (Phi) is 11.9. The molecule has 0 bridgehead atoms. The summed E-state index contributed by atoms with van der Waals surface area (Å²) in [6, 6.07) is 31.0. The Bertz CT molecular complexity index is 1860. The Labute approximate surface area is 288 Å². The van der Waals surface area contributed by atoms with Gasteiger partial charge in [0.05, 0.1) is 12.3 Å². The lowest BCUT2D eigenvalue weighted by Gasteiger charge is -2.18. The molecule has 10 heteroatoms. The normalized spacial score (nSPS) is 10.8. The topological polar surface area (TPSA) is 114 Å². The number of benzene rings is 5. The van der Waals surface area contributed by atoms with Crippen molar-refractivity contribution in [2.75, 3.05) is 25.1 Å². The van der Waals surface area contributed by atoms with E-state index < -0.39 is 18.7 Å². The van der Waals surface area contributed by atoms with E-state index in [4.69, 9.17) is 32.7 Å². The summed E-state index contributed by atoms with van der Waals surface area (Å²) in [4.78, 5) is 37.2. The molecule has 246 valence electrons. The number of halogens is 2. The highest BCUT2D eigenvalue weighted by molar-refractivity contribution is 6.31. The molecule has 0 aliphatic heterocycles. The van der Waals surface area contributed by atoms with Crippen LogP contribution in [0, 0.1) is 0 Å². The van der Waals surface area contributed by atoms with Crippen molar-refractivity contribution in [3.63, 3.8) is 0 Å². The van der Waals surface area contributed by atoms with Crippen LogP contribution in [0.1, 0.15) is 36.0 Å². The van der Waals surface area contributed by atoms with Crippen LogP contribution < -0.4 is 15.4 Å². The average Bonchev–Trinajstić information content (AvgIpc) is 3.08. The summed E-state index contributed by atoms with van der Waals surface area (Å²) >= 11 is 12.6. The lowest BCUT2D eigenvalue weighted by Crippen LogP contribution is -2.24. The minimum Gasteiger partial charge on any atom is -0.481 e. The predicted molar refractivity (Wildman–Crippen MR) is 190 cm³/mol. The van der Waals surface area contributed by atoms with Gasteiger partial charge in [-0.25, -0.2) is 9.59 Å².